The molecule has 158 valence electrons. The van der Waals surface area contributed by atoms with Crippen LogP contribution in [0, 0.1) is 0 Å². The van der Waals surface area contributed by atoms with E-state index in [0.29, 0.717) is 25.8 Å². The molecule has 0 aliphatic rings. The molecular weight excluding hydrogens is 377 g/mol. The minimum Gasteiger partial charge on any atom is -0.481 e. The fraction of sp³-hybridized carbons (Fsp3) is 0.632. The highest BCUT2D eigenvalue weighted by Crippen LogP contribution is 2.23. The summed E-state index contributed by atoms with van der Waals surface area (Å²) in [7, 11) is 0. The second-order valence-electron chi connectivity index (χ2n) is 6.61. The largest absolute Gasteiger partial charge is 0.481 e. The summed E-state index contributed by atoms with van der Waals surface area (Å²) in [6.45, 7) is 6.11. The Morgan fingerprint density at radius 1 is 1.21 bits per heavy atom. The van der Waals surface area contributed by atoms with Gasteiger partial charge in [-0.05, 0) is 30.9 Å². The van der Waals surface area contributed by atoms with Crippen LogP contribution >= 0.6 is 0 Å². The third-order valence-corrected chi connectivity index (χ3v) is 4.42. The molecular formula is C19H27F3N2O4. The first-order valence-corrected chi connectivity index (χ1v) is 9.41. The summed E-state index contributed by atoms with van der Waals surface area (Å²) in [5.41, 5.74) is 0.470. The fourth-order valence-corrected chi connectivity index (χ4v) is 2.97. The third-order valence-electron chi connectivity index (χ3n) is 4.42. The highest BCUT2D eigenvalue weighted by atomic mass is 19.4. The van der Waals surface area contributed by atoms with Gasteiger partial charge in [0, 0.05) is 12.2 Å². The number of carbonyl (C=O) groups is 2. The normalized spacial score (nSPS) is 12.6. The molecule has 1 aromatic rings. The van der Waals surface area contributed by atoms with Crippen LogP contribution in [0.1, 0.15) is 68.1 Å². The summed E-state index contributed by atoms with van der Waals surface area (Å²) in [5, 5.41) is 10.4. The van der Waals surface area contributed by atoms with Gasteiger partial charge in [0.2, 0.25) is 0 Å². The SMILES string of the molecule is CCCCn1c(CCC)c(CC)cc(C(=O)NC(CC(=O)O)C(F)(F)F)c1=O. The average Bonchev–Trinajstić information content (AvgIpc) is 2.60. The maximum absolute atomic E-state index is 13.1. The number of hydrogen-bond acceptors (Lipinski definition) is 3. The van der Waals surface area contributed by atoms with Crippen molar-refractivity contribution in [1.29, 1.82) is 0 Å². The molecule has 1 atom stereocenters. The lowest BCUT2D eigenvalue weighted by atomic mass is 10.0. The molecule has 0 fully saturated rings. The molecule has 0 aliphatic carbocycles. The van der Waals surface area contributed by atoms with Gasteiger partial charge in [-0.1, -0.05) is 33.6 Å². The predicted molar refractivity (Wildman–Crippen MR) is 98.5 cm³/mol. The summed E-state index contributed by atoms with van der Waals surface area (Å²) < 4.78 is 40.6. The molecule has 1 unspecified atom stereocenters. The Hall–Kier alpha value is -2.32. The van der Waals surface area contributed by atoms with Crippen molar-refractivity contribution in [3.8, 4) is 0 Å². The van der Waals surface area contributed by atoms with E-state index in [1.807, 2.05) is 20.8 Å². The Bertz CT molecular complexity index is 757. The minimum absolute atomic E-state index is 0.372. The van der Waals surface area contributed by atoms with Crippen molar-refractivity contribution in [3.63, 3.8) is 0 Å². The highest BCUT2D eigenvalue weighted by Gasteiger charge is 2.42. The smallest absolute Gasteiger partial charge is 0.409 e. The summed E-state index contributed by atoms with van der Waals surface area (Å²) in [6, 6.07) is -1.24. The zero-order valence-electron chi connectivity index (χ0n) is 16.4. The van der Waals surface area contributed by atoms with Crippen LogP contribution in [0.5, 0.6) is 0 Å². The molecule has 1 heterocycles. The summed E-state index contributed by atoms with van der Waals surface area (Å²) in [6.07, 6.45) is -2.84. The molecule has 1 aromatic heterocycles. The van der Waals surface area contributed by atoms with Gasteiger partial charge in [-0.2, -0.15) is 13.2 Å². The van der Waals surface area contributed by atoms with Crippen LogP contribution in [0.3, 0.4) is 0 Å². The minimum atomic E-state index is -4.94. The lowest BCUT2D eigenvalue weighted by Gasteiger charge is -2.21. The molecule has 0 radical (unpaired) electrons. The van der Waals surface area contributed by atoms with Gasteiger partial charge >= 0.3 is 12.1 Å². The van der Waals surface area contributed by atoms with Gasteiger partial charge in [-0.3, -0.25) is 14.4 Å². The summed E-state index contributed by atoms with van der Waals surface area (Å²) in [4.78, 5) is 36.0. The van der Waals surface area contributed by atoms with Crippen molar-refractivity contribution < 1.29 is 27.9 Å². The van der Waals surface area contributed by atoms with Crippen LogP contribution in [-0.2, 0) is 24.2 Å². The Labute approximate surface area is 161 Å². The molecule has 1 rings (SSSR count). The predicted octanol–water partition coefficient (Wildman–Crippen LogP) is 3.30. The Balaban J connectivity index is 3.40. The van der Waals surface area contributed by atoms with Crippen LogP contribution in [0.2, 0.25) is 0 Å². The number of carbonyl (C=O) groups excluding carboxylic acids is 1. The van der Waals surface area contributed by atoms with Gasteiger partial charge in [0.25, 0.3) is 11.5 Å². The van der Waals surface area contributed by atoms with Crippen molar-refractivity contribution in [1.82, 2.24) is 9.88 Å². The molecule has 0 spiro atoms. The number of pyridine rings is 1. The van der Waals surface area contributed by atoms with Gasteiger partial charge in [0.1, 0.15) is 11.6 Å². The Kier molecular flexibility index (Phi) is 8.71. The standard InChI is InChI=1S/C19H27F3N2O4/c1-4-7-9-24-14(8-5-2)12(6-3)10-13(18(24)28)17(27)23-15(11-16(25)26)19(20,21)22/h10,15H,4-9,11H2,1-3H3,(H,23,27)(H,25,26). The first-order valence-electron chi connectivity index (χ1n) is 9.41. The second-order valence-corrected chi connectivity index (χ2v) is 6.61. The van der Waals surface area contributed by atoms with Crippen molar-refractivity contribution in [2.24, 2.45) is 0 Å². The molecule has 9 heteroatoms. The lowest BCUT2D eigenvalue weighted by Crippen LogP contribution is -2.48. The number of rotatable bonds is 10. The quantitative estimate of drug-likeness (QED) is 0.626. The molecule has 1 amide bonds. The average molecular weight is 404 g/mol. The van der Waals surface area contributed by atoms with Crippen molar-refractivity contribution >= 4 is 11.9 Å². The number of aromatic nitrogens is 1. The van der Waals surface area contributed by atoms with Crippen LogP contribution in [-0.4, -0.2) is 33.8 Å². The third kappa shape index (κ3) is 6.10. The monoisotopic (exact) mass is 404 g/mol. The number of unbranched alkanes of at least 4 members (excludes halogenated alkanes) is 1. The molecule has 0 saturated carbocycles. The maximum atomic E-state index is 13.1. The topological polar surface area (TPSA) is 88.4 Å². The number of aryl methyl sites for hydroxylation is 1. The number of carboxylic acids is 1. The van der Waals surface area contributed by atoms with Crippen molar-refractivity contribution in [2.75, 3.05) is 0 Å². The van der Waals surface area contributed by atoms with E-state index in [4.69, 9.17) is 5.11 Å². The number of nitrogens with one attached hydrogen (secondary N) is 1. The van der Waals surface area contributed by atoms with E-state index >= 15 is 0 Å². The zero-order valence-corrected chi connectivity index (χ0v) is 16.4. The van der Waals surface area contributed by atoms with Crippen LogP contribution in [0.4, 0.5) is 13.2 Å². The van der Waals surface area contributed by atoms with Crippen LogP contribution in [0.25, 0.3) is 0 Å². The van der Waals surface area contributed by atoms with E-state index in [9.17, 15) is 27.6 Å². The number of hydrogen-bond donors (Lipinski definition) is 2. The van der Waals surface area contributed by atoms with Crippen LogP contribution < -0.4 is 10.9 Å². The molecule has 0 saturated heterocycles. The van der Waals surface area contributed by atoms with Crippen LogP contribution in [0.15, 0.2) is 10.9 Å². The first kappa shape index (κ1) is 23.7. The molecule has 0 bridgehead atoms. The van der Waals surface area contributed by atoms with Gasteiger partial charge in [-0.15, -0.1) is 0 Å². The van der Waals surface area contributed by atoms with E-state index in [2.05, 4.69) is 0 Å². The highest BCUT2D eigenvalue weighted by molar-refractivity contribution is 5.94. The number of aliphatic carboxylic acids is 1. The van der Waals surface area contributed by atoms with Gasteiger partial charge in [0.05, 0.1) is 6.42 Å². The van der Waals surface area contributed by atoms with E-state index in [0.717, 1.165) is 24.1 Å². The Morgan fingerprint density at radius 2 is 1.86 bits per heavy atom. The number of carboxylic acid groups (broad SMARTS) is 1. The number of halogens is 3. The number of nitrogens with zero attached hydrogens (tertiary/aromatic N) is 1. The van der Waals surface area contributed by atoms with Gasteiger partial charge in [-0.25, -0.2) is 0 Å². The molecule has 6 nitrogen and oxygen atoms in total. The first-order chi connectivity index (χ1) is 13.1. The number of alkyl halides is 3. The van der Waals surface area contributed by atoms with Crippen molar-refractivity contribution in [2.45, 2.75) is 78.1 Å². The number of amides is 1. The molecule has 2 N–H and O–H groups in total. The molecule has 28 heavy (non-hydrogen) atoms. The maximum Gasteiger partial charge on any atom is 0.409 e. The molecule has 0 aliphatic heterocycles. The van der Waals surface area contributed by atoms with E-state index < -0.39 is 41.6 Å². The molecule has 0 aromatic carbocycles. The van der Waals surface area contributed by atoms with Gasteiger partial charge < -0.3 is 15.0 Å². The van der Waals surface area contributed by atoms with Crippen molar-refractivity contribution in [3.05, 3.63) is 33.2 Å². The Morgan fingerprint density at radius 3 is 2.32 bits per heavy atom. The zero-order chi connectivity index (χ0) is 21.5. The van der Waals surface area contributed by atoms with E-state index in [1.54, 1.807) is 5.32 Å². The second kappa shape index (κ2) is 10.3. The van der Waals surface area contributed by atoms with E-state index in [-0.39, 0.29) is 0 Å². The fourth-order valence-electron chi connectivity index (χ4n) is 2.97. The van der Waals surface area contributed by atoms with Gasteiger partial charge in [0.15, 0.2) is 0 Å². The van der Waals surface area contributed by atoms with E-state index in [1.165, 1.54) is 10.6 Å². The summed E-state index contributed by atoms with van der Waals surface area (Å²) in [5.74, 6) is -2.91. The lowest BCUT2D eigenvalue weighted by molar-refractivity contribution is -0.165. The summed E-state index contributed by atoms with van der Waals surface area (Å²) >= 11 is 0.